The second kappa shape index (κ2) is 19.2. The third-order valence-corrected chi connectivity index (χ3v) is 6.77. The highest BCUT2D eigenvalue weighted by atomic mass is 16.4. The largest absolute Gasteiger partial charge is 0.508 e. The number of aliphatic carboxylic acids is 2. The first kappa shape index (κ1) is 33.0. The van der Waals surface area contributed by atoms with Gasteiger partial charge in [0.15, 0.2) is 0 Å². The van der Waals surface area contributed by atoms with Crippen LogP contribution in [0.3, 0.4) is 0 Å². The summed E-state index contributed by atoms with van der Waals surface area (Å²) < 4.78 is 0. The fourth-order valence-electron chi connectivity index (χ4n) is 4.51. The number of unbranched alkanes of at least 4 members (excludes halogenated alkanes) is 10. The molecule has 0 aliphatic heterocycles. The molecule has 0 fully saturated rings. The summed E-state index contributed by atoms with van der Waals surface area (Å²) in [5, 5.41) is 28.3. The van der Waals surface area contributed by atoms with E-state index in [1.807, 2.05) is 19.1 Å². The molecule has 0 aliphatic rings. The molecule has 1 aromatic carbocycles. The Morgan fingerprint density at radius 3 is 1.63 bits per heavy atom. The van der Waals surface area contributed by atoms with Crippen LogP contribution in [0.5, 0.6) is 5.75 Å². The molecule has 0 radical (unpaired) electrons. The van der Waals surface area contributed by atoms with Crippen LogP contribution in [-0.4, -0.2) is 27.3 Å². The van der Waals surface area contributed by atoms with Crippen molar-refractivity contribution in [2.75, 3.05) is 0 Å². The van der Waals surface area contributed by atoms with E-state index < -0.39 is 17.4 Å². The molecule has 0 saturated carbocycles. The summed E-state index contributed by atoms with van der Waals surface area (Å²) in [6.07, 6.45) is 13.8. The van der Waals surface area contributed by atoms with Crippen LogP contribution < -0.4 is 0 Å². The van der Waals surface area contributed by atoms with Crippen LogP contribution in [0.25, 0.3) is 0 Å². The van der Waals surface area contributed by atoms with E-state index in [1.165, 1.54) is 38.5 Å². The van der Waals surface area contributed by atoms with Crippen molar-refractivity contribution in [2.45, 2.75) is 137 Å². The molecule has 0 spiro atoms. The maximum atomic E-state index is 11.8. The average molecular weight is 493 g/mol. The third-order valence-electron chi connectivity index (χ3n) is 6.77. The van der Waals surface area contributed by atoms with Gasteiger partial charge >= 0.3 is 11.9 Å². The third kappa shape index (κ3) is 14.8. The molecule has 0 heterocycles. The van der Waals surface area contributed by atoms with Crippen LogP contribution in [0.4, 0.5) is 0 Å². The first-order valence-electron chi connectivity index (χ1n) is 13.8. The van der Waals surface area contributed by atoms with Gasteiger partial charge in [0.25, 0.3) is 0 Å². The lowest BCUT2D eigenvalue weighted by atomic mass is 9.75. The highest BCUT2D eigenvalue weighted by Gasteiger charge is 2.39. The van der Waals surface area contributed by atoms with E-state index in [0.717, 1.165) is 49.7 Å². The molecule has 3 N–H and O–H groups in total. The summed E-state index contributed by atoms with van der Waals surface area (Å²) >= 11 is 0. The maximum absolute atomic E-state index is 11.8. The molecular formula is C30H52O5. The van der Waals surface area contributed by atoms with Gasteiger partial charge in [0.2, 0.25) is 0 Å². The molecule has 0 aromatic heterocycles. The van der Waals surface area contributed by atoms with Crippen molar-refractivity contribution in [2.24, 2.45) is 5.41 Å². The van der Waals surface area contributed by atoms with E-state index in [4.69, 9.17) is 0 Å². The Morgan fingerprint density at radius 1 is 0.800 bits per heavy atom. The number of phenolic OH excluding ortho intramolecular Hbond substituents is 1. The molecular weight excluding hydrogens is 440 g/mol. The Kier molecular flexibility index (Phi) is 18.1. The molecule has 0 aliphatic carbocycles. The Hall–Kier alpha value is -2.04. The van der Waals surface area contributed by atoms with Gasteiger partial charge in [0, 0.05) is 0 Å². The average Bonchev–Trinajstić information content (AvgIpc) is 2.77. The number of carboxylic acid groups (broad SMARTS) is 2. The van der Waals surface area contributed by atoms with Crippen molar-refractivity contribution in [3.8, 4) is 5.75 Å². The summed E-state index contributed by atoms with van der Waals surface area (Å²) in [4.78, 5) is 23.0. The van der Waals surface area contributed by atoms with Crippen LogP contribution in [0, 0.1) is 12.3 Å². The van der Waals surface area contributed by atoms with Gasteiger partial charge in [-0.25, -0.2) is 0 Å². The number of benzene rings is 1. The van der Waals surface area contributed by atoms with Crippen LogP contribution in [0.2, 0.25) is 0 Å². The Labute approximate surface area is 214 Å². The highest BCUT2D eigenvalue weighted by molar-refractivity contribution is 5.81. The quantitative estimate of drug-likeness (QED) is 0.178. The number of aryl methyl sites for hydroxylation is 1. The Balaban J connectivity index is 0.000000867. The lowest BCUT2D eigenvalue weighted by Crippen LogP contribution is -2.33. The minimum atomic E-state index is -1.07. The molecule has 5 nitrogen and oxygen atoms in total. The standard InChI is InChI=1S/C20H38O4.C10H14O/c1-3-5-7-9-11-13-15-20(19(23)24,17-18(21)22)16-14-12-10-8-6-4-2;1-7(2)9-5-4-8(3)6-10(9)11/h3-17H2,1-2H3,(H,21,22)(H,23,24);4-7,11H,1-3H3. The van der Waals surface area contributed by atoms with Gasteiger partial charge in [0.1, 0.15) is 5.75 Å². The minimum absolute atomic E-state index is 0.244. The number of hydrogen-bond donors (Lipinski definition) is 3. The van der Waals surface area contributed by atoms with Gasteiger partial charge in [-0.3, -0.25) is 9.59 Å². The van der Waals surface area contributed by atoms with Gasteiger partial charge in [-0.15, -0.1) is 0 Å². The first-order valence-corrected chi connectivity index (χ1v) is 13.8. The van der Waals surface area contributed by atoms with Crippen LogP contribution in [0.1, 0.15) is 141 Å². The number of carboxylic acids is 2. The van der Waals surface area contributed by atoms with E-state index in [0.29, 0.717) is 24.5 Å². The summed E-state index contributed by atoms with van der Waals surface area (Å²) in [6.45, 7) is 10.5. The predicted octanol–water partition coefficient (Wildman–Crippen LogP) is 8.86. The van der Waals surface area contributed by atoms with Crippen molar-refractivity contribution in [3.05, 3.63) is 29.3 Å². The molecule has 5 heteroatoms. The van der Waals surface area contributed by atoms with Crippen molar-refractivity contribution >= 4 is 11.9 Å². The first-order chi connectivity index (χ1) is 16.6. The van der Waals surface area contributed by atoms with Crippen molar-refractivity contribution in [3.63, 3.8) is 0 Å². The van der Waals surface area contributed by atoms with Gasteiger partial charge in [0.05, 0.1) is 11.8 Å². The molecule has 202 valence electrons. The van der Waals surface area contributed by atoms with Gasteiger partial charge in [-0.05, 0) is 42.9 Å². The highest BCUT2D eigenvalue weighted by Crippen LogP contribution is 2.36. The zero-order valence-corrected chi connectivity index (χ0v) is 23.1. The molecule has 0 bridgehead atoms. The molecule has 0 atom stereocenters. The normalized spacial score (nSPS) is 11.3. The predicted molar refractivity (Wildman–Crippen MR) is 145 cm³/mol. The number of carbonyl (C=O) groups is 2. The fourth-order valence-corrected chi connectivity index (χ4v) is 4.51. The van der Waals surface area contributed by atoms with E-state index in [-0.39, 0.29) is 6.42 Å². The van der Waals surface area contributed by atoms with Crippen LogP contribution >= 0.6 is 0 Å². The van der Waals surface area contributed by atoms with E-state index >= 15 is 0 Å². The number of hydrogen-bond acceptors (Lipinski definition) is 3. The monoisotopic (exact) mass is 492 g/mol. The zero-order chi connectivity index (χ0) is 26.7. The molecule has 1 aromatic rings. The summed E-state index contributed by atoms with van der Waals surface area (Å²) in [6, 6.07) is 5.81. The molecule has 0 unspecified atom stereocenters. The van der Waals surface area contributed by atoms with Gasteiger partial charge in [-0.1, -0.05) is 117 Å². The second-order valence-electron chi connectivity index (χ2n) is 10.4. The Morgan fingerprint density at radius 2 is 1.26 bits per heavy atom. The van der Waals surface area contributed by atoms with Crippen LogP contribution in [0.15, 0.2) is 18.2 Å². The lowest BCUT2D eigenvalue weighted by Gasteiger charge is -2.28. The molecule has 0 saturated heterocycles. The van der Waals surface area contributed by atoms with Crippen molar-refractivity contribution < 1.29 is 24.9 Å². The topological polar surface area (TPSA) is 94.8 Å². The summed E-state index contributed by atoms with van der Waals surface area (Å²) in [5.41, 5.74) is 1.06. The molecule has 0 amide bonds. The SMILES string of the molecule is CCCCCCCCC(CCCCCCCC)(CC(=O)O)C(=O)O.Cc1ccc(C(C)C)c(O)c1. The van der Waals surface area contributed by atoms with Gasteiger partial charge < -0.3 is 15.3 Å². The number of rotatable bonds is 18. The zero-order valence-electron chi connectivity index (χ0n) is 23.1. The number of phenols is 1. The Bertz CT molecular complexity index is 695. The molecule has 1 rings (SSSR count). The summed E-state index contributed by atoms with van der Waals surface area (Å²) in [7, 11) is 0. The van der Waals surface area contributed by atoms with Crippen molar-refractivity contribution in [1.29, 1.82) is 0 Å². The second-order valence-corrected chi connectivity index (χ2v) is 10.4. The van der Waals surface area contributed by atoms with Crippen LogP contribution in [-0.2, 0) is 9.59 Å². The van der Waals surface area contributed by atoms with Crippen molar-refractivity contribution in [1.82, 2.24) is 0 Å². The lowest BCUT2D eigenvalue weighted by molar-refractivity contribution is -0.157. The smallest absolute Gasteiger partial charge is 0.310 e. The summed E-state index contributed by atoms with van der Waals surface area (Å²) in [5.74, 6) is -1.10. The number of aromatic hydroxyl groups is 1. The fraction of sp³-hybridized carbons (Fsp3) is 0.733. The van der Waals surface area contributed by atoms with E-state index in [2.05, 4.69) is 27.7 Å². The van der Waals surface area contributed by atoms with Gasteiger partial charge in [-0.2, -0.15) is 0 Å². The maximum Gasteiger partial charge on any atom is 0.310 e. The minimum Gasteiger partial charge on any atom is -0.508 e. The van der Waals surface area contributed by atoms with E-state index in [9.17, 15) is 24.9 Å². The molecule has 35 heavy (non-hydrogen) atoms. The van der Waals surface area contributed by atoms with E-state index in [1.54, 1.807) is 6.07 Å².